The van der Waals surface area contributed by atoms with Crippen LogP contribution in [0.15, 0.2) is 4.99 Å². The van der Waals surface area contributed by atoms with Crippen LogP contribution in [0.3, 0.4) is 0 Å². The largest absolute Gasteiger partial charge is 0.360 e. The van der Waals surface area contributed by atoms with E-state index in [0.29, 0.717) is 6.04 Å². The van der Waals surface area contributed by atoms with Gasteiger partial charge in [-0.25, -0.2) is 0 Å². The number of rotatable bonds is 4. The molecule has 0 saturated heterocycles. The molecule has 1 aliphatic heterocycles. The number of nitrogens with one attached hydrogen (secondary N) is 1. The maximum Gasteiger partial charge on any atom is 0.157 e. The Hall–Kier alpha value is -0.180. The molecular weight excluding hydrogens is 204 g/mol. The summed E-state index contributed by atoms with van der Waals surface area (Å²) in [5.41, 5.74) is 0.179. The lowest BCUT2D eigenvalue weighted by atomic mass is 10.0. The first-order chi connectivity index (χ1) is 6.93. The SMILES string of the molecule is CCC(C)(C)NC1=NC(CC(C)C)CS1. The first-order valence-electron chi connectivity index (χ1n) is 5.91. The number of hydrogen-bond donors (Lipinski definition) is 1. The van der Waals surface area contributed by atoms with E-state index in [1.165, 1.54) is 6.42 Å². The third kappa shape index (κ3) is 4.45. The fourth-order valence-corrected chi connectivity index (χ4v) is 2.66. The van der Waals surface area contributed by atoms with E-state index in [-0.39, 0.29) is 5.54 Å². The quantitative estimate of drug-likeness (QED) is 0.798. The number of thioether (sulfide) groups is 1. The first-order valence-corrected chi connectivity index (χ1v) is 6.90. The molecule has 0 aliphatic carbocycles. The summed E-state index contributed by atoms with van der Waals surface area (Å²) in [6, 6.07) is 0.533. The summed E-state index contributed by atoms with van der Waals surface area (Å²) < 4.78 is 0. The highest BCUT2D eigenvalue weighted by atomic mass is 32.2. The smallest absolute Gasteiger partial charge is 0.157 e. The summed E-state index contributed by atoms with van der Waals surface area (Å²) >= 11 is 1.87. The van der Waals surface area contributed by atoms with Crippen LogP contribution >= 0.6 is 11.8 Å². The molecule has 15 heavy (non-hydrogen) atoms. The molecule has 1 aliphatic rings. The summed E-state index contributed by atoms with van der Waals surface area (Å²) in [5, 5.41) is 4.67. The zero-order chi connectivity index (χ0) is 11.5. The van der Waals surface area contributed by atoms with Crippen LogP contribution in [0.5, 0.6) is 0 Å². The van der Waals surface area contributed by atoms with Crippen molar-refractivity contribution in [2.75, 3.05) is 5.75 Å². The van der Waals surface area contributed by atoms with E-state index in [1.54, 1.807) is 0 Å². The van der Waals surface area contributed by atoms with E-state index < -0.39 is 0 Å². The van der Waals surface area contributed by atoms with E-state index in [0.717, 1.165) is 23.3 Å². The molecule has 0 fully saturated rings. The maximum absolute atomic E-state index is 4.73. The highest BCUT2D eigenvalue weighted by molar-refractivity contribution is 8.14. The van der Waals surface area contributed by atoms with Crippen LogP contribution in [-0.2, 0) is 0 Å². The fraction of sp³-hybridized carbons (Fsp3) is 0.917. The Balaban J connectivity index is 2.45. The molecule has 1 heterocycles. The molecule has 0 spiro atoms. The molecule has 3 heteroatoms. The molecule has 88 valence electrons. The van der Waals surface area contributed by atoms with Gasteiger partial charge in [-0.1, -0.05) is 32.5 Å². The minimum atomic E-state index is 0.179. The maximum atomic E-state index is 4.73. The van der Waals surface area contributed by atoms with Crippen LogP contribution in [0.2, 0.25) is 0 Å². The Morgan fingerprint density at radius 3 is 2.73 bits per heavy atom. The Morgan fingerprint density at radius 2 is 2.20 bits per heavy atom. The van der Waals surface area contributed by atoms with E-state index in [4.69, 9.17) is 4.99 Å². The zero-order valence-corrected chi connectivity index (χ0v) is 11.4. The molecule has 0 amide bonds. The summed E-state index contributed by atoms with van der Waals surface area (Å²) in [5.74, 6) is 1.90. The summed E-state index contributed by atoms with van der Waals surface area (Å²) in [4.78, 5) is 4.73. The second-order valence-corrected chi connectivity index (χ2v) is 6.40. The molecule has 1 unspecified atom stereocenters. The number of amidine groups is 1. The Labute approximate surface area is 98.3 Å². The van der Waals surface area contributed by atoms with E-state index >= 15 is 0 Å². The van der Waals surface area contributed by atoms with Crippen LogP contribution < -0.4 is 5.32 Å². The van der Waals surface area contributed by atoms with Crippen LogP contribution in [0.1, 0.15) is 47.5 Å². The zero-order valence-electron chi connectivity index (χ0n) is 10.6. The van der Waals surface area contributed by atoms with Crippen molar-refractivity contribution in [1.82, 2.24) is 5.32 Å². The molecule has 0 saturated carbocycles. The number of hydrogen-bond acceptors (Lipinski definition) is 3. The van der Waals surface area contributed by atoms with E-state index in [9.17, 15) is 0 Å². The lowest BCUT2D eigenvalue weighted by Crippen LogP contribution is -2.41. The molecule has 0 aromatic carbocycles. The lowest BCUT2D eigenvalue weighted by molar-refractivity contribution is 0.446. The van der Waals surface area contributed by atoms with Gasteiger partial charge in [0, 0.05) is 11.3 Å². The molecular formula is C12H24N2S. The third-order valence-electron chi connectivity index (χ3n) is 2.78. The summed E-state index contributed by atoms with van der Waals surface area (Å²) in [6.45, 7) is 11.2. The minimum Gasteiger partial charge on any atom is -0.360 e. The average molecular weight is 228 g/mol. The van der Waals surface area contributed by atoms with Crippen molar-refractivity contribution in [2.45, 2.75) is 59.0 Å². The third-order valence-corrected chi connectivity index (χ3v) is 3.82. The molecule has 1 rings (SSSR count). The standard InChI is InChI=1S/C12H24N2S/c1-6-12(4,5)14-11-13-10(8-15-11)7-9(2)3/h9-10H,6-8H2,1-5H3,(H,13,14). The van der Waals surface area contributed by atoms with Crippen molar-refractivity contribution >= 4 is 16.9 Å². The summed E-state index contributed by atoms with van der Waals surface area (Å²) in [6.07, 6.45) is 2.34. The van der Waals surface area contributed by atoms with Gasteiger partial charge in [-0.05, 0) is 32.6 Å². The van der Waals surface area contributed by atoms with Crippen molar-refractivity contribution in [3.8, 4) is 0 Å². The lowest BCUT2D eigenvalue weighted by Gasteiger charge is -2.25. The van der Waals surface area contributed by atoms with E-state index in [2.05, 4.69) is 39.9 Å². The van der Waals surface area contributed by atoms with Crippen molar-refractivity contribution in [1.29, 1.82) is 0 Å². The van der Waals surface area contributed by atoms with E-state index in [1.807, 2.05) is 11.8 Å². The number of aliphatic imine (C=N–C) groups is 1. The van der Waals surface area contributed by atoms with Gasteiger partial charge >= 0.3 is 0 Å². The number of nitrogens with zero attached hydrogens (tertiary/aromatic N) is 1. The van der Waals surface area contributed by atoms with Crippen molar-refractivity contribution < 1.29 is 0 Å². The normalized spacial score (nSPS) is 22.0. The van der Waals surface area contributed by atoms with Gasteiger partial charge in [-0.3, -0.25) is 4.99 Å². The molecule has 1 N–H and O–H groups in total. The predicted molar refractivity (Wildman–Crippen MR) is 70.6 cm³/mol. The van der Waals surface area contributed by atoms with Gasteiger partial charge in [0.2, 0.25) is 0 Å². The second kappa shape index (κ2) is 5.24. The highest BCUT2D eigenvalue weighted by Crippen LogP contribution is 2.23. The Kier molecular flexibility index (Phi) is 4.50. The van der Waals surface area contributed by atoms with Crippen LogP contribution in [0.4, 0.5) is 0 Å². The Morgan fingerprint density at radius 1 is 1.53 bits per heavy atom. The average Bonchev–Trinajstić information content (AvgIpc) is 2.50. The van der Waals surface area contributed by atoms with Crippen molar-refractivity contribution in [2.24, 2.45) is 10.9 Å². The molecule has 0 aromatic rings. The second-order valence-electron chi connectivity index (χ2n) is 5.39. The van der Waals surface area contributed by atoms with Crippen molar-refractivity contribution in [3.63, 3.8) is 0 Å². The predicted octanol–water partition coefficient (Wildman–Crippen LogP) is 3.28. The van der Waals surface area contributed by atoms with Crippen molar-refractivity contribution in [3.05, 3.63) is 0 Å². The Bertz CT molecular complexity index is 234. The highest BCUT2D eigenvalue weighted by Gasteiger charge is 2.23. The molecule has 0 aromatic heterocycles. The first kappa shape index (κ1) is 12.9. The van der Waals surface area contributed by atoms with Gasteiger partial charge in [0.1, 0.15) is 0 Å². The van der Waals surface area contributed by atoms with Gasteiger partial charge in [0.05, 0.1) is 6.04 Å². The molecule has 1 atom stereocenters. The monoisotopic (exact) mass is 228 g/mol. The fourth-order valence-electron chi connectivity index (χ4n) is 1.53. The van der Waals surface area contributed by atoms with Gasteiger partial charge in [-0.15, -0.1) is 0 Å². The topological polar surface area (TPSA) is 24.4 Å². The van der Waals surface area contributed by atoms with Gasteiger partial charge < -0.3 is 5.32 Å². The summed E-state index contributed by atoms with van der Waals surface area (Å²) in [7, 11) is 0. The van der Waals surface area contributed by atoms with Crippen LogP contribution in [0, 0.1) is 5.92 Å². The minimum absolute atomic E-state index is 0.179. The van der Waals surface area contributed by atoms with Crippen LogP contribution in [0.25, 0.3) is 0 Å². The van der Waals surface area contributed by atoms with Gasteiger partial charge in [0.25, 0.3) is 0 Å². The molecule has 0 radical (unpaired) electrons. The van der Waals surface area contributed by atoms with Gasteiger partial charge in [0.15, 0.2) is 5.17 Å². The van der Waals surface area contributed by atoms with Crippen LogP contribution in [-0.4, -0.2) is 22.5 Å². The molecule has 2 nitrogen and oxygen atoms in total. The van der Waals surface area contributed by atoms with Gasteiger partial charge in [-0.2, -0.15) is 0 Å². The molecule has 0 bridgehead atoms.